The molecule has 1 aromatic rings. The largest absolute Gasteiger partial charge is 0.314 e. The number of hydrogen-bond acceptors (Lipinski definition) is 5. The van der Waals surface area contributed by atoms with E-state index in [9.17, 15) is 8.42 Å². The van der Waals surface area contributed by atoms with E-state index < -0.39 is 10.0 Å². The lowest BCUT2D eigenvalue weighted by Gasteiger charge is -2.14. The average Bonchev–Trinajstić information content (AvgIpc) is 3.02. The van der Waals surface area contributed by atoms with Crippen molar-refractivity contribution in [3.05, 3.63) is 11.1 Å². The van der Waals surface area contributed by atoms with Crippen LogP contribution < -0.4 is 10.0 Å². The first-order valence-corrected chi connectivity index (χ1v) is 9.49. The summed E-state index contributed by atoms with van der Waals surface area (Å²) in [7, 11) is -3.29. The summed E-state index contributed by atoms with van der Waals surface area (Å²) in [4.78, 5) is 4.35. The van der Waals surface area contributed by atoms with Gasteiger partial charge in [-0.3, -0.25) is 4.72 Å². The lowest BCUT2D eigenvalue weighted by Crippen LogP contribution is -2.23. The van der Waals surface area contributed by atoms with Crippen molar-refractivity contribution >= 4 is 26.5 Å². The van der Waals surface area contributed by atoms with Crippen molar-refractivity contribution in [1.82, 2.24) is 10.3 Å². The van der Waals surface area contributed by atoms with Gasteiger partial charge in [0.15, 0.2) is 5.13 Å². The zero-order valence-corrected chi connectivity index (χ0v) is 13.9. The molecule has 0 spiro atoms. The molecule has 20 heavy (non-hydrogen) atoms. The van der Waals surface area contributed by atoms with Gasteiger partial charge >= 0.3 is 0 Å². The third-order valence-corrected chi connectivity index (χ3v) is 5.33. The molecule has 0 aromatic carbocycles. The SMILES string of the molecule is CC(C)(C)c1csc(NS(=O)(=O)CCCNC2CC2)n1. The highest BCUT2D eigenvalue weighted by molar-refractivity contribution is 7.92. The Morgan fingerprint density at radius 2 is 2.10 bits per heavy atom. The molecular weight excluding hydrogens is 294 g/mol. The third kappa shape index (κ3) is 5.03. The van der Waals surface area contributed by atoms with Crippen LogP contribution in [-0.4, -0.2) is 31.7 Å². The lowest BCUT2D eigenvalue weighted by atomic mass is 9.93. The predicted octanol–water partition coefficient (Wildman–Crippen LogP) is 2.32. The minimum absolute atomic E-state index is 0.0611. The second-order valence-corrected chi connectivity index (χ2v) is 8.99. The van der Waals surface area contributed by atoms with E-state index in [1.54, 1.807) is 0 Å². The summed E-state index contributed by atoms with van der Waals surface area (Å²) in [6.07, 6.45) is 3.07. The average molecular weight is 317 g/mol. The van der Waals surface area contributed by atoms with Crippen LogP contribution in [0.25, 0.3) is 0 Å². The molecule has 2 N–H and O–H groups in total. The summed E-state index contributed by atoms with van der Waals surface area (Å²) in [6.45, 7) is 6.94. The molecule has 1 saturated carbocycles. The number of hydrogen-bond donors (Lipinski definition) is 2. The number of anilines is 1. The Morgan fingerprint density at radius 3 is 2.65 bits per heavy atom. The van der Waals surface area contributed by atoms with E-state index in [-0.39, 0.29) is 11.2 Å². The molecule has 1 aliphatic rings. The maximum Gasteiger partial charge on any atom is 0.234 e. The van der Waals surface area contributed by atoms with Crippen LogP contribution >= 0.6 is 11.3 Å². The van der Waals surface area contributed by atoms with Gasteiger partial charge in [-0.05, 0) is 25.8 Å². The smallest absolute Gasteiger partial charge is 0.234 e. The van der Waals surface area contributed by atoms with Crippen LogP contribution in [0.1, 0.15) is 45.7 Å². The maximum atomic E-state index is 11.9. The van der Waals surface area contributed by atoms with E-state index in [4.69, 9.17) is 0 Å². The van der Waals surface area contributed by atoms with E-state index in [0.717, 1.165) is 12.2 Å². The van der Waals surface area contributed by atoms with Crippen molar-refractivity contribution in [2.45, 2.75) is 51.5 Å². The van der Waals surface area contributed by atoms with E-state index in [0.29, 0.717) is 17.6 Å². The van der Waals surface area contributed by atoms with Crippen molar-refractivity contribution in [1.29, 1.82) is 0 Å². The molecule has 1 heterocycles. The Bertz CT molecular complexity index is 542. The number of rotatable bonds is 7. The standard InChI is InChI=1S/C13H23N3O2S2/c1-13(2,3)11-9-19-12(15-11)16-20(17,18)8-4-7-14-10-5-6-10/h9-10,14H,4-8H2,1-3H3,(H,15,16). The topological polar surface area (TPSA) is 71.1 Å². The second-order valence-electron chi connectivity index (χ2n) is 6.29. The molecule has 0 unspecified atom stereocenters. The van der Waals surface area contributed by atoms with Crippen molar-refractivity contribution in [2.24, 2.45) is 0 Å². The fourth-order valence-electron chi connectivity index (χ4n) is 1.70. The van der Waals surface area contributed by atoms with Gasteiger partial charge in [-0.1, -0.05) is 20.8 Å². The van der Waals surface area contributed by atoms with Gasteiger partial charge in [-0.2, -0.15) is 0 Å². The summed E-state index contributed by atoms with van der Waals surface area (Å²) in [5, 5.41) is 5.68. The summed E-state index contributed by atoms with van der Waals surface area (Å²) >= 11 is 1.34. The fourth-order valence-corrected chi connectivity index (χ4v) is 4.00. The van der Waals surface area contributed by atoms with Crippen molar-refractivity contribution in [3.8, 4) is 0 Å². The molecule has 1 fully saturated rings. The Balaban J connectivity index is 1.82. The van der Waals surface area contributed by atoms with Crippen LogP contribution in [0.4, 0.5) is 5.13 Å². The highest BCUT2D eigenvalue weighted by atomic mass is 32.2. The molecule has 7 heteroatoms. The van der Waals surface area contributed by atoms with Crippen LogP contribution in [-0.2, 0) is 15.4 Å². The summed E-state index contributed by atoms with van der Waals surface area (Å²) in [6, 6.07) is 0.624. The number of thiazole rings is 1. The summed E-state index contributed by atoms with van der Waals surface area (Å²) in [5.41, 5.74) is 0.851. The highest BCUT2D eigenvalue weighted by Gasteiger charge is 2.21. The second kappa shape index (κ2) is 5.99. The Morgan fingerprint density at radius 1 is 1.40 bits per heavy atom. The molecule has 1 aliphatic carbocycles. The molecule has 1 aromatic heterocycles. The number of nitrogens with one attached hydrogen (secondary N) is 2. The molecule has 0 radical (unpaired) electrons. The predicted molar refractivity (Wildman–Crippen MR) is 83.9 cm³/mol. The van der Waals surface area contributed by atoms with Crippen molar-refractivity contribution in [2.75, 3.05) is 17.0 Å². The zero-order chi connectivity index (χ0) is 14.8. The van der Waals surface area contributed by atoms with Gasteiger partial charge in [-0.15, -0.1) is 11.3 Å². The molecule has 0 atom stereocenters. The summed E-state index contributed by atoms with van der Waals surface area (Å²) < 4.78 is 26.5. The first kappa shape index (κ1) is 15.7. The van der Waals surface area contributed by atoms with Gasteiger partial charge in [0.1, 0.15) is 0 Å². The molecule has 114 valence electrons. The van der Waals surface area contributed by atoms with Gasteiger partial charge in [0.05, 0.1) is 11.4 Å². The molecule has 0 saturated heterocycles. The quantitative estimate of drug-likeness (QED) is 0.757. The Labute approximate surface area is 125 Å². The van der Waals surface area contributed by atoms with Crippen LogP contribution in [0.15, 0.2) is 5.38 Å². The molecular formula is C13H23N3O2S2. The minimum atomic E-state index is -3.29. The van der Waals surface area contributed by atoms with Crippen LogP contribution in [0.3, 0.4) is 0 Å². The van der Waals surface area contributed by atoms with Crippen LogP contribution in [0, 0.1) is 0 Å². The van der Waals surface area contributed by atoms with Gasteiger partial charge in [0.2, 0.25) is 10.0 Å². The van der Waals surface area contributed by atoms with Gasteiger partial charge in [0, 0.05) is 16.8 Å². The van der Waals surface area contributed by atoms with Gasteiger partial charge < -0.3 is 5.32 Å². The normalized spacial score (nSPS) is 16.4. The monoisotopic (exact) mass is 317 g/mol. The fraction of sp³-hybridized carbons (Fsp3) is 0.769. The molecule has 0 amide bonds. The van der Waals surface area contributed by atoms with E-state index in [1.807, 2.05) is 5.38 Å². The Kier molecular flexibility index (Phi) is 4.71. The van der Waals surface area contributed by atoms with Crippen molar-refractivity contribution in [3.63, 3.8) is 0 Å². The first-order valence-electron chi connectivity index (χ1n) is 6.96. The zero-order valence-electron chi connectivity index (χ0n) is 12.3. The number of sulfonamides is 1. The Hall–Kier alpha value is -0.660. The molecule has 2 rings (SSSR count). The minimum Gasteiger partial charge on any atom is -0.314 e. The van der Waals surface area contributed by atoms with Gasteiger partial charge in [-0.25, -0.2) is 13.4 Å². The molecule has 0 aliphatic heterocycles. The highest BCUT2D eigenvalue weighted by Crippen LogP contribution is 2.26. The third-order valence-electron chi connectivity index (χ3n) is 3.12. The molecule has 0 bridgehead atoms. The van der Waals surface area contributed by atoms with E-state index in [2.05, 4.69) is 35.8 Å². The van der Waals surface area contributed by atoms with Crippen LogP contribution in [0.2, 0.25) is 0 Å². The van der Waals surface area contributed by atoms with Crippen LogP contribution in [0.5, 0.6) is 0 Å². The van der Waals surface area contributed by atoms with Gasteiger partial charge in [0.25, 0.3) is 0 Å². The van der Waals surface area contributed by atoms with E-state index >= 15 is 0 Å². The number of nitrogens with zero attached hydrogens (tertiary/aromatic N) is 1. The van der Waals surface area contributed by atoms with E-state index in [1.165, 1.54) is 24.2 Å². The molecule has 5 nitrogen and oxygen atoms in total. The lowest BCUT2D eigenvalue weighted by molar-refractivity contribution is 0.573. The maximum absolute atomic E-state index is 11.9. The van der Waals surface area contributed by atoms with Crippen molar-refractivity contribution < 1.29 is 8.42 Å². The summed E-state index contributed by atoms with van der Waals surface area (Å²) in [5.74, 6) is 0.136. The first-order chi connectivity index (χ1) is 9.26. The number of aromatic nitrogens is 1.